The zero-order valence-electron chi connectivity index (χ0n) is 14.1. The normalized spacial score (nSPS) is 17.2. The Bertz CT molecular complexity index is 760. The first-order valence-corrected chi connectivity index (χ1v) is 7.79. The molecule has 0 unspecified atom stereocenters. The zero-order chi connectivity index (χ0) is 18.7. The third kappa shape index (κ3) is 3.56. The lowest BCUT2D eigenvalue weighted by Crippen LogP contribution is -2.46. The number of aromatic hydroxyl groups is 1. The molecule has 2 N–H and O–H groups in total. The SMILES string of the molecule is C=CCOC(=O)C1=C(C)N(C)C(=O)N[C@H]1c1cc(Cl)c(O)c(OC)c1. The standard InChI is InChI=1S/C17H19ClN2O5/c1-5-6-25-16(22)13-9(2)20(3)17(23)19-14(13)10-7-11(18)15(21)12(8-10)24-4/h5,7-8,14,21H,1,6H2,2-4H3,(H,19,23)/t14-/m0/s1. The highest BCUT2D eigenvalue weighted by atomic mass is 35.5. The van der Waals surface area contributed by atoms with Gasteiger partial charge in [0.05, 0.1) is 23.7 Å². The summed E-state index contributed by atoms with van der Waals surface area (Å²) in [6.45, 7) is 5.20. The van der Waals surface area contributed by atoms with Gasteiger partial charge in [0.2, 0.25) is 0 Å². The summed E-state index contributed by atoms with van der Waals surface area (Å²) in [6.07, 6.45) is 1.45. The molecular weight excluding hydrogens is 348 g/mol. The maximum atomic E-state index is 12.5. The minimum absolute atomic E-state index is 0.0407. The lowest BCUT2D eigenvalue weighted by Gasteiger charge is -2.33. The van der Waals surface area contributed by atoms with E-state index in [9.17, 15) is 14.7 Å². The number of phenolic OH excluding ortho intramolecular Hbond substituents is 1. The van der Waals surface area contributed by atoms with E-state index in [2.05, 4.69) is 11.9 Å². The molecule has 2 amide bonds. The Hall–Kier alpha value is -2.67. The fourth-order valence-electron chi connectivity index (χ4n) is 2.48. The summed E-state index contributed by atoms with van der Waals surface area (Å²) >= 11 is 6.03. The average Bonchev–Trinajstić information content (AvgIpc) is 2.59. The van der Waals surface area contributed by atoms with Crippen LogP contribution in [0.4, 0.5) is 4.79 Å². The van der Waals surface area contributed by atoms with Crippen LogP contribution in [0.1, 0.15) is 18.5 Å². The summed E-state index contributed by atoms with van der Waals surface area (Å²) in [7, 11) is 2.93. The van der Waals surface area contributed by atoms with Gasteiger partial charge in [-0.25, -0.2) is 9.59 Å². The number of urea groups is 1. The first-order chi connectivity index (χ1) is 11.8. The number of nitrogens with one attached hydrogen (secondary N) is 1. The quantitative estimate of drug-likeness (QED) is 0.618. The van der Waals surface area contributed by atoms with Crippen LogP contribution in [0.2, 0.25) is 5.02 Å². The minimum Gasteiger partial charge on any atom is -0.503 e. The molecule has 0 saturated carbocycles. The van der Waals surface area contributed by atoms with Crippen molar-refractivity contribution in [3.8, 4) is 11.5 Å². The van der Waals surface area contributed by atoms with Gasteiger partial charge in [-0.3, -0.25) is 0 Å². The topological polar surface area (TPSA) is 88.1 Å². The first kappa shape index (κ1) is 18.7. The van der Waals surface area contributed by atoms with Crippen molar-refractivity contribution >= 4 is 23.6 Å². The van der Waals surface area contributed by atoms with E-state index in [1.807, 2.05) is 0 Å². The van der Waals surface area contributed by atoms with Gasteiger partial charge in [-0.05, 0) is 24.6 Å². The molecule has 0 fully saturated rings. The van der Waals surface area contributed by atoms with Crippen LogP contribution in [-0.4, -0.2) is 42.8 Å². The summed E-state index contributed by atoms with van der Waals surface area (Å²) in [5.41, 5.74) is 1.18. The number of amides is 2. The Kier molecular flexibility index (Phi) is 5.58. The monoisotopic (exact) mass is 366 g/mol. The van der Waals surface area contributed by atoms with Crippen LogP contribution in [0.3, 0.4) is 0 Å². The van der Waals surface area contributed by atoms with Crippen molar-refractivity contribution in [1.29, 1.82) is 0 Å². The summed E-state index contributed by atoms with van der Waals surface area (Å²) in [5, 5.41) is 12.7. The molecule has 2 rings (SSSR count). The molecule has 1 aromatic carbocycles. The molecule has 7 nitrogen and oxygen atoms in total. The highest BCUT2D eigenvalue weighted by Gasteiger charge is 2.35. The highest BCUT2D eigenvalue weighted by Crippen LogP contribution is 2.39. The molecule has 0 aliphatic carbocycles. The van der Waals surface area contributed by atoms with E-state index >= 15 is 0 Å². The number of hydrogen-bond donors (Lipinski definition) is 2. The number of ether oxygens (including phenoxy) is 2. The van der Waals surface area contributed by atoms with Crippen LogP contribution in [0.25, 0.3) is 0 Å². The van der Waals surface area contributed by atoms with Gasteiger partial charge < -0.3 is 24.8 Å². The highest BCUT2D eigenvalue weighted by molar-refractivity contribution is 6.32. The van der Waals surface area contributed by atoms with E-state index in [1.54, 1.807) is 14.0 Å². The van der Waals surface area contributed by atoms with Crippen LogP contribution < -0.4 is 10.1 Å². The molecule has 1 aliphatic heterocycles. The Morgan fingerprint density at radius 3 is 2.80 bits per heavy atom. The molecule has 0 radical (unpaired) electrons. The van der Waals surface area contributed by atoms with Crippen molar-refractivity contribution in [2.45, 2.75) is 13.0 Å². The first-order valence-electron chi connectivity index (χ1n) is 7.41. The second-order valence-electron chi connectivity index (χ2n) is 5.38. The van der Waals surface area contributed by atoms with Gasteiger partial charge in [-0.2, -0.15) is 0 Å². The van der Waals surface area contributed by atoms with Crippen molar-refractivity contribution in [3.05, 3.63) is 46.6 Å². The van der Waals surface area contributed by atoms with Crippen molar-refractivity contribution in [1.82, 2.24) is 10.2 Å². The minimum atomic E-state index is -0.798. The lowest BCUT2D eigenvalue weighted by atomic mass is 9.94. The van der Waals surface area contributed by atoms with E-state index in [4.69, 9.17) is 21.1 Å². The molecule has 134 valence electrons. The van der Waals surface area contributed by atoms with Crippen LogP contribution in [0.15, 0.2) is 36.1 Å². The van der Waals surface area contributed by atoms with Gasteiger partial charge in [0.1, 0.15) is 6.61 Å². The number of nitrogens with zero attached hydrogens (tertiary/aromatic N) is 1. The van der Waals surface area contributed by atoms with E-state index in [-0.39, 0.29) is 34.7 Å². The molecule has 1 aliphatic rings. The second kappa shape index (κ2) is 7.48. The molecule has 0 bridgehead atoms. The fourth-order valence-corrected chi connectivity index (χ4v) is 2.70. The summed E-state index contributed by atoms with van der Waals surface area (Å²) < 4.78 is 10.2. The Morgan fingerprint density at radius 1 is 1.52 bits per heavy atom. The van der Waals surface area contributed by atoms with Crippen LogP contribution in [-0.2, 0) is 9.53 Å². The molecule has 0 aromatic heterocycles. The molecule has 1 atom stereocenters. The number of allylic oxidation sites excluding steroid dienone is 1. The van der Waals surface area contributed by atoms with Crippen molar-refractivity contribution < 1.29 is 24.2 Å². The van der Waals surface area contributed by atoms with Crippen LogP contribution in [0.5, 0.6) is 11.5 Å². The number of phenols is 1. The number of halogens is 1. The van der Waals surface area contributed by atoms with Crippen molar-refractivity contribution in [2.24, 2.45) is 0 Å². The molecule has 0 spiro atoms. The lowest BCUT2D eigenvalue weighted by molar-refractivity contribution is -0.138. The molecule has 1 heterocycles. The third-order valence-corrected chi connectivity index (χ3v) is 4.20. The number of hydrogen-bond acceptors (Lipinski definition) is 5. The largest absolute Gasteiger partial charge is 0.503 e. The molecule has 8 heteroatoms. The predicted molar refractivity (Wildman–Crippen MR) is 92.6 cm³/mol. The second-order valence-corrected chi connectivity index (χ2v) is 5.79. The molecule has 1 aromatic rings. The average molecular weight is 367 g/mol. The smallest absolute Gasteiger partial charge is 0.338 e. The van der Waals surface area contributed by atoms with Gasteiger partial charge in [0, 0.05) is 12.7 Å². The van der Waals surface area contributed by atoms with E-state index in [0.717, 1.165) is 0 Å². The number of rotatable bonds is 5. The number of carbonyl (C=O) groups excluding carboxylic acids is 2. The Balaban J connectivity index is 2.56. The van der Waals surface area contributed by atoms with E-state index in [0.29, 0.717) is 11.3 Å². The number of carbonyl (C=O) groups is 2. The van der Waals surface area contributed by atoms with Crippen molar-refractivity contribution in [2.75, 3.05) is 20.8 Å². The van der Waals surface area contributed by atoms with Crippen molar-refractivity contribution in [3.63, 3.8) is 0 Å². The predicted octanol–water partition coefficient (Wildman–Crippen LogP) is 2.75. The third-order valence-electron chi connectivity index (χ3n) is 3.91. The molecule has 25 heavy (non-hydrogen) atoms. The summed E-state index contributed by atoms with van der Waals surface area (Å²) in [6, 6.07) is 1.79. The Labute approximate surface area is 150 Å². The maximum absolute atomic E-state index is 12.5. The van der Waals surface area contributed by atoms with E-state index in [1.165, 1.54) is 30.2 Å². The van der Waals surface area contributed by atoms with Gasteiger partial charge in [0.15, 0.2) is 11.5 Å². The van der Waals surface area contributed by atoms with Crippen LogP contribution >= 0.6 is 11.6 Å². The number of benzene rings is 1. The molecule has 0 saturated heterocycles. The Morgan fingerprint density at radius 2 is 2.20 bits per heavy atom. The van der Waals surface area contributed by atoms with Crippen LogP contribution in [0, 0.1) is 0 Å². The number of esters is 1. The van der Waals surface area contributed by atoms with Gasteiger partial charge in [-0.15, -0.1) is 0 Å². The van der Waals surface area contributed by atoms with Gasteiger partial charge >= 0.3 is 12.0 Å². The van der Waals surface area contributed by atoms with E-state index < -0.39 is 12.0 Å². The zero-order valence-corrected chi connectivity index (χ0v) is 14.9. The maximum Gasteiger partial charge on any atom is 0.338 e. The molecular formula is C17H19ClN2O5. The van der Waals surface area contributed by atoms with Gasteiger partial charge in [-0.1, -0.05) is 24.3 Å². The fraction of sp³-hybridized carbons (Fsp3) is 0.294. The van der Waals surface area contributed by atoms with Gasteiger partial charge in [0.25, 0.3) is 0 Å². The summed E-state index contributed by atoms with van der Waals surface area (Å²) in [4.78, 5) is 26.0. The summed E-state index contributed by atoms with van der Waals surface area (Å²) in [5.74, 6) is -0.673. The number of methoxy groups -OCH3 is 1.